The van der Waals surface area contributed by atoms with Crippen LogP contribution in [-0.2, 0) is 6.42 Å². The molecule has 2 N–H and O–H groups in total. The smallest absolute Gasteiger partial charge is 0.254 e. The van der Waals surface area contributed by atoms with Gasteiger partial charge in [0.15, 0.2) is 0 Å². The molecule has 1 aliphatic heterocycles. The molecule has 1 unspecified atom stereocenters. The number of benzene rings is 1. The zero-order chi connectivity index (χ0) is 13.7. The van der Waals surface area contributed by atoms with E-state index in [1.54, 1.807) is 0 Å². The van der Waals surface area contributed by atoms with Crippen LogP contribution >= 0.6 is 0 Å². The quantitative estimate of drug-likeness (QED) is 0.884. The number of nitrogens with two attached hydrogens (primary N) is 1. The third-order valence-electron chi connectivity index (χ3n) is 3.93. The molecule has 1 saturated heterocycles. The Morgan fingerprint density at radius 2 is 2.21 bits per heavy atom. The van der Waals surface area contributed by atoms with Crippen LogP contribution in [0.3, 0.4) is 0 Å². The van der Waals surface area contributed by atoms with E-state index in [-0.39, 0.29) is 5.91 Å². The molecule has 0 radical (unpaired) electrons. The fourth-order valence-corrected chi connectivity index (χ4v) is 2.93. The molecule has 19 heavy (non-hydrogen) atoms. The fourth-order valence-electron chi connectivity index (χ4n) is 2.93. The van der Waals surface area contributed by atoms with Gasteiger partial charge in [0.2, 0.25) is 0 Å². The van der Waals surface area contributed by atoms with Crippen molar-refractivity contribution in [1.82, 2.24) is 4.90 Å². The minimum Gasteiger partial charge on any atom is -0.338 e. The molecule has 0 bridgehead atoms. The Kier molecular flexibility index (Phi) is 4.97. The highest BCUT2D eigenvalue weighted by atomic mass is 16.2. The number of nitrogens with zero attached hydrogens (tertiary/aromatic N) is 1. The third kappa shape index (κ3) is 3.35. The van der Waals surface area contributed by atoms with E-state index < -0.39 is 0 Å². The summed E-state index contributed by atoms with van der Waals surface area (Å²) in [4.78, 5) is 14.6. The molecule has 0 spiro atoms. The largest absolute Gasteiger partial charge is 0.338 e. The second kappa shape index (κ2) is 6.71. The average Bonchev–Trinajstić information content (AvgIpc) is 2.88. The standard InChI is InChI=1S/C16H24N2O/c1-2-5-13-9-11-18(12-13)16(19)15-7-4-3-6-14(15)8-10-17/h3-4,6-7,13H,2,5,8-12,17H2,1H3. The summed E-state index contributed by atoms with van der Waals surface area (Å²) < 4.78 is 0. The Hall–Kier alpha value is -1.35. The number of hydrogen-bond acceptors (Lipinski definition) is 2. The van der Waals surface area contributed by atoms with E-state index in [4.69, 9.17) is 5.73 Å². The van der Waals surface area contributed by atoms with Gasteiger partial charge in [-0.15, -0.1) is 0 Å². The second-order valence-electron chi connectivity index (χ2n) is 5.39. The molecule has 1 amide bonds. The van der Waals surface area contributed by atoms with Crippen LogP contribution < -0.4 is 5.73 Å². The van der Waals surface area contributed by atoms with Crippen LogP contribution in [0.25, 0.3) is 0 Å². The molecule has 1 aromatic rings. The lowest BCUT2D eigenvalue weighted by molar-refractivity contribution is 0.0785. The number of likely N-dealkylation sites (tertiary alicyclic amines) is 1. The first-order valence-electron chi connectivity index (χ1n) is 7.33. The highest BCUT2D eigenvalue weighted by molar-refractivity contribution is 5.95. The summed E-state index contributed by atoms with van der Waals surface area (Å²) in [7, 11) is 0. The first kappa shape index (κ1) is 14.1. The summed E-state index contributed by atoms with van der Waals surface area (Å²) in [5.41, 5.74) is 7.54. The lowest BCUT2D eigenvalue weighted by atomic mass is 10.0. The summed E-state index contributed by atoms with van der Waals surface area (Å²) in [5, 5.41) is 0. The van der Waals surface area contributed by atoms with Crippen molar-refractivity contribution in [3.8, 4) is 0 Å². The van der Waals surface area contributed by atoms with Crippen molar-refractivity contribution in [1.29, 1.82) is 0 Å². The molecule has 1 fully saturated rings. The van der Waals surface area contributed by atoms with Gasteiger partial charge >= 0.3 is 0 Å². The Labute approximate surface area is 115 Å². The van der Waals surface area contributed by atoms with Crippen molar-refractivity contribution in [3.05, 3.63) is 35.4 Å². The van der Waals surface area contributed by atoms with Crippen molar-refractivity contribution in [2.24, 2.45) is 11.7 Å². The molecule has 1 atom stereocenters. The number of carbonyl (C=O) groups is 1. The van der Waals surface area contributed by atoms with Crippen LogP contribution in [0.2, 0.25) is 0 Å². The van der Waals surface area contributed by atoms with E-state index in [0.717, 1.165) is 37.1 Å². The summed E-state index contributed by atoms with van der Waals surface area (Å²) in [6.45, 7) is 4.62. The molecule has 104 valence electrons. The molecule has 1 aliphatic rings. The van der Waals surface area contributed by atoms with Crippen LogP contribution in [0.15, 0.2) is 24.3 Å². The maximum Gasteiger partial charge on any atom is 0.254 e. The number of carbonyl (C=O) groups excluding carboxylic acids is 1. The van der Waals surface area contributed by atoms with Crippen LogP contribution in [-0.4, -0.2) is 30.4 Å². The molecule has 1 heterocycles. The van der Waals surface area contributed by atoms with Gasteiger partial charge in [-0.05, 0) is 43.4 Å². The maximum atomic E-state index is 12.6. The van der Waals surface area contributed by atoms with Gasteiger partial charge in [-0.1, -0.05) is 31.5 Å². The van der Waals surface area contributed by atoms with Crippen molar-refractivity contribution in [2.45, 2.75) is 32.6 Å². The van der Waals surface area contributed by atoms with Gasteiger partial charge < -0.3 is 10.6 Å². The van der Waals surface area contributed by atoms with Crippen molar-refractivity contribution < 1.29 is 4.79 Å². The Morgan fingerprint density at radius 3 is 2.95 bits per heavy atom. The summed E-state index contributed by atoms with van der Waals surface area (Å²) >= 11 is 0. The van der Waals surface area contributed by atoms with E-state index in [2.05, 4.69) is 6.92 Å². The van der Waals surface area contributed by atoms with Crippen LogP contribution in [0.4, 0.5) is 0 Å². The topological polar surface area (TPSA) is 46.3 Å². The molecule has 1 aromatic carbocycles. The van der Waals surface area contributed by atoms with Crippen molar-refractivity contribution in [3.63, 3.8) is 0 Å². The van der Waals surface area contributed by atoms with E-state index >= 15 is 0 Å². The maximum absolute atomic E-state index is 12.6. The molecule has 3 heteroatoms. The molecule has 0 aromatic heterocycles. The lowest BCUT2D eigenvalue weighted by Crippen LogP contribution is -2.29. The highest BCUT2D eigenvalue weighted by Gasteiger charge is 2.27. The second-order valence-corrected chi connectivity index (χ2v) is 5.39. The molecular weight excluding hydrogens is 236 g/mol. The normalized spacial score (nSPS) is 18.8. The number of hydrogen-bond donors (Lipinski definition) is 1. The molecule has 0 aliphatic carbocycles. The number of amides is 1. The van der Waals surface area contributed by atoms with Gasteiger partial charge in [-0.25, -0.2) is 0 Å². The van der Waals surface area contributed by atoms with Gasteiger partial charge in [0.1, 0.15) is 0 Å². The van der Waals surface area contributed by atoms with Gasteiger partial charge in [0.25, 0.3) is 5.91 Å². The van der Waals surface area contributed by atoms with Crippen LogP contribution in [0, 0.1) is 5.92 Å². The Balaban J connectivity index is 2.08. The SMILES string of the molecule is CCCC1CCN(C(=O)c2ccccc2CCN)C1. The Morgan fingerprint density at radius 1 is 1.42 bits per heavy atom. The minimum absolute atomic E-state index is 0.183. The van der Waals surface area contributed by atoms with E-state index in [1.165, 1.54) is 12.8 Å². The van der Waals surface area contributed by atoms with Crippen LogP contribution in [0.5, 0.6) is 0 Å². The van der Waals surface area contributed by atoms with Gasteiger partial charge in [-0.3, -0.25) is 4.79 Å². The first-order chi connectivity index (χ1) is 9.26. The van der Waals surface area contributed by atoms with Crippen LogP contribution in [0.1, 0.15) is 42.1 Å². The molecular formula is C16H24N2O. The molecule has 3 nitrogen and oxygen atoms in total. The summed E-state index contributed by atoms with van der Waals surface area (Å²) in [6, 6.07) is 7.86. The van der Waals surface area contributed by atoms with Gasteiger partial charge in [0.05, 0.1) is 0 Å². The van der Waals surface area contributed by atoms with E-state index in [0.29, 0.717) is 12.5 Å². The third-order valence-corrected chi connectivity index (χ3v) is 3.93. The van der Waals surface area contributed by atoms with Gasteiger partial charge in [-0.2, -0.15) is 0 Å². The van der Waals surface area contributed by atoms with E-state index in [1.807, 2.05) is 29.2 Å². The Bertz CT molecular complexity index is 431. The minimum atomic E-state index is 0.183. The predicted molar refractivity (Wildman–Crippen MR) is 78.1 cm³/mol. The fraction of sp³-hybridized carbons (Fsp3) is 0.562. The summed E-state index contributed by atoms with van der Waals surface area (Å²) in [5.74, 6) is 0.873. The van der Waals surface area contributed by atoms with E-state index in [9.17, 15) is 4.79 Å². The lowest BCUT2D eigenvalue weighted by Gasteiger charge is -2.18. The zero-order valence-corrected chi connectivity index (χ0v) is 11.8. The van der Waals surface area contributed by atoms with Crippen molar-refractivity contribution in [2.75, 3.05) is 19.6 Å². The zero-order valence-electron chi connectivity index (χ0n) is 11.8. The monoisotopic (exact) mass is 260 g/mol. The van der Waals surface area contributed by atoms with Gasteiger partial charge in [0, 0.05) is 18.7 Å². The molecule has 2 rings (SSSR count). The predicted octanol–water partition coefficient (Wildman–Crippen LogP) is 2.45. The number of rotatable bonds is 5. The first-order valence-corrected chi connectivity index (χ1v) is 7.33. The van der Waals surface area contributed by atoms with Crippen molar-refractivity contribution >= 4 is 5.91 Å². The molecule has 0 saturated carbocycles. The summed E-state index contributed by atoms with van der Waals surface area (Å²) in [6.07, 6.45) is 4.36. The average molecular weight is 260 g/mol. The highest BCUT2D eigenvalue weighted by Crippen LogP contribution is 2.23.